The molecule has 0 aliphatic carbocycles. The van der Waals surface area contributed by atoms with E-state index in [1.165, 1.54) is 30.7 Å². The minimum Gasteiger partial charge on any atom is -0.0843 e. The summed E-state index contributed by atoms with van der Waals surface area (Å²) in [5.74, 6) is 1.43. The molecule has 1 heteroatoms. The van der Waals surface area contributed by atoms with E-state index in [9.17, 15) is 0 Å². The van der Waals surface area contributed by atoms with E-state index in [1.54, 1.807) is 0 Å². The van der Waals surface area contributed by atoms with Gasteiger partial charge in [-0.2, -0.15) is 0 Å². The van der Waals surface area contributed by atoms with Gasteiger partial charge >= 0.3 is 0 Å². The highest BCUT2D eigenvalue weighted by atomic mass is 35.5. The summed E-state index contributed by atoms with van der Waals surface area (Å²) in [6, 6.07) is 8.08. The molecule has 0 aliphatic rings. The van der Waals surface area contributed by atoms with E-state index in [2.05, 4.69) is 19.9 Å². The van der Waals surface area contributed by atoms with Crippen molar-refractivity contribution in [3.05, 3.63) is 40.8 Å². The first-order chi connectivity index (χ1) is 6.24. The van der Waals surface area contributed by atoms with Gasteiger partial charge in [0, 0.05) is 10.9 Å². The van der Waals surface area contributed by atoms with Crippen molar-refractivity contribution in [2.24, 2.45) is 0 Å². The van der Waals surface area contributed by atoms with Crippen LogP contribution in [-0.4, -0.2) is 0 Å². The van der Waals surface area contributed by atoms with Gasteiger partial charge in [-0.3, -0.25) is 0 Å². The fraction of sp³-hybridized carbons (Fsp3) is 0.417. The van der Waals surface area contributed by atoms with Gasteiger partial charge in [0.15, 0.2) is 0 Å². The summed E-state index contributed by atoms with van der Waals surface area (Å²) in [7, 11) is 0. The van der Waals surface area contributed by atoms with Crippen LogP contribution in [-0.2, 0) is 0 Å². The monoisotopic (exact) mass is 195 g/mol. The van der Waals surface area contributed by atoms with E-state index in [1.807, 2.05) is 18.2 Å². The summed E-state index contributed by atoms with van der Waals surface area (Å²) in [6.07, 6.45) is 3.69. The van der Waals surface area contributed by atoms with Crippen molar-refractivity contribution in [1.82, 2.24) is 0 Å². The molecule has 1 radical (unpaired) electrons. The van der Waals surface area contributed by atoms with Crippen molar-refractivity contribution in [3.63, 3.8) is 0 Å². The molecule has 0 fully saturated rings. The highest BCUT2D eigenvalue weighted by Crippen LogP contribution is 2.22. The molecule has 0 unspecified atom stereocenters. The lowest BCUT2D eigenvalue weighted by molar-refractivity contribution is 0.743. The number of hydrogen-bond donors (Lipinski definition) is 0. The number of rotatable bonds is 4. The van der Waals surface area contributed by atoms with E-state index in [0.29, 0.717) is 0 Å². The molecule has 0 N–H and O–H groups in total. The minimum absolute atomic E-state index is 0.827. The van der Waals surface area contributed by atoms with Crippen LogP contribution in [0.15, 0.2) is 24.3 Å². The quantitative estimate of drug-likeness (QED) is 0.665. The Kier molecular flexibility index (Phi) is 4.31. The summed E-state index contributed by atoms with van der Waals surface area (Å²) in [4.78, 5) is 0. The van der Waals surface area contributed by atoms with Crippen LogP contribution in [0.2, 0.25) is 5.02 Å². The molecule has 1 rings (SSSR count). The number of benzene rings is 1. The molecule has 0 spiro atoms. The van der Waals surface area contributed by atoms with E-state index in [-0.39, 0.29) is 0 Å². The largest absolute Gasteiger partial charge is 0.0843 e. The van der Waals surface area contributed by atoms with Crippen molar-refractivity contribution in [2.75, 3.05) is 0 Å². The molecule has 1 aromatic carbocycles. The third-order valence-electron chi connectivity index (χ3n) is 2.22. The number of hydrogen-bond acceptors (Lipinski definition) is 0. The molecule has 0 atom stereocenters. The van der Waals surface area contributed by atoms with Crippen LogP contribution >= 0.6 is 11.6 Å². The average molecular weight is 196 g/mol. The summed E-state index contributed by atoms with van der Waals surface area (Å²) in [6.45, 7) is 4.40. The molecule has 0 amide bonds. The Hall–Kier alpha value is -0.490. The maximum Gasteiger partial charge on any atom is 0.0408 e. The highest BCUT2D eigenvalue weighted by molar-refractivity contribution is 6.30. The van der Waals surface area contributed by atoms with Crippen LogP contribution in [0.25, 0.3) is 0 Å². The molecular weight excluding hydrogens is 180 g/mol. The lowest BCUT2D eigenvalue weighted by Gasteiger charge is -2.10. The zero-order valence-electron chi connectivity index (χ0n) is 8.31. The number of halogens is 1. The third-order valence-corrected chi connectivity index (χ3v) is 2.46. The van der Waals surface area contributed by atoms with Crippen LogP contribution in [0, 0.1) is 5.92 Å². The predicted molar refractivity (Wildman–Crippen MR) is 59.0 cm³/mol. The van der Waals surface area contributed by atoms with Crippen LogP contribution in [0.1, 0.15) is 38.7 Å². The van der Waals surface area contributed by atoms with Gasteiger partial charge in [0.2, 0.25) is 0 Å². The molecular formula is C12H16Cl. The fourth-order valence-electron chi connectivity index (χ4n) is 1.34. The SMILES string of the molecule is CCCC[C](C)c1cccc(Cl)c1. The molecule has 0 aromatic heterocycles. The van der Waals surface area contributed by atoms with Gasteiger partial charge in [-0.25, -0.2) is 0 Å². The first-order valence-electron chi connectivity index (χ1n) is 4.82. The van der Waals surface area contributed by atoms with Crippen LogP contribution in [0.5, 0.6) is 0 Å². The molecule has 0 saturated carbocycles. The predicted octanol–water partition coefficient (Wildman–Crippen LogP) is 4.47. The van der Waals surface area contributed by atoms with Gasteiger partial charge in [-0.15, -0.1) is 0 Å². The smallest absolute Gasteiger partial charge is 0.0408 e. The maximum atomic E-state index is 5.91. The molecule has 0 nitrogen and oxygen atoms in total. The molecule has 71 valence electrons. The topological polar surface area (TPSA) is 0 Å². The summed E-state index contributed by atoms with van der Waals surface area (Å²) >= 11 is 5.91. The van der Waals surface area contributed by atoms with E-state index < -0.39 is 0 Å². The normalized spacial score (nSPS) is 10.8. The lowest BCUT2D eigenvalue weighted by atomic mass is 9.96. The van der Waals surface area contributed by atoms with Gasteiger partial charge in [-0.1, -0.05) is 50.4 Å². The lowest BCUT2D eigenvalue weighted by Crippen LogP contribution is -1.93. The van der Waals surface area contributed by atoms with Gasteiger partial charge in [-0.05, 0) is 24.1 Å². The Morgan fingerprint density at radius 2 is 2.15 bits per heavy atom. The Bertz CT molecular complexity index is 255. The van der Waals surface area contributed by atoms with Gasteiger partial charge in [0.1, 0.15) is 0 Å². The van der Waals surface area contributed by atoms with Gasteiger partial charge in [0.05, 0.1) is 0 Å². The first kappa shape index (κ1) is 10.6. The molecule has 13 heavy (non-hydrogen) atoms. The Balaban J connectivity index is 2.60. The Morgan fingerprint density at radius 1 is 1.38 bits per heavy atom. The van der Waals surface area contributed by atoms with E-state index in [0.717, 1.165) is 5.02 Å². The molecule has 0 aliphatic heterocycles. The summed E-state index contributed by atoms with van der Waals surface area (Å²) in [5.41, 5.74) is 1.28. The van der Waals surface area contributed by atoms with Crippen LogP contribution in [0.3, 0.4) is 0 Å². The van der Waals surface area contributed by atoms with Crippen LogP contribution in [0.4, 0.5) is 0 Å². The average Bonchev–Trinajstić information content (AvgIpc) is 2.14. The van der Waals surface area contributed by atoms with Gasteiger partial charge < -0.3 is 0 Å². The molecule has 1 aromatic rings. The zero-order chi connectivity index (χ0) is 9.68. The maximum absolute atomic E-state index is 5.91. The van der Waals surface area contributed by atoms with E-state index >= 15 is 0 Å². The molecule has 0 heterocycles. The van der Waals surface area contributed by atoms with Gasteiger partial charge in [0.25, 0.3) is 0 Å². The molecule has 0 saturated heterocycles. The van der Waals surface area contributed by atoms with Crippen molar-refractivity contribution >= 4 is 11.6 Å². The highest BCUT2D eigenvalue weighted by Gasteiger charge is 2.05. The fourth-order valence-corrected chi connectivity index (χ4v) is 1.53. The first-order valence-corrected chi connectivity index (χ1v) is 5.20. The Labute approximate surface area is 85.9 Å². The summed E-state index contributed by atoms with van der Waals surface area (Å²) in [5, 5.41) is 0.827. The Morgan fingerprint density at radius 3 is 2.77 bits per heavy atom. The second kappa shape index (κ2) is 5.29. The minimum atomic E-state index is 0.827. The second-order valence-electron chi connectivity index (χ2n) is 3.39. The van der Waals surface area contributed by atoms with Crippen molar-refractivity contribution in [2.45, 2.75) is 33.1 Å². The van der Waals surface area contributed by atoms with Crippen molar-refractivity contribution in [1.29, 1.82) is 0 Å². The second-order valence-corrected chi connectivity index (χ2v) is 3.83. The summed E-state index contributed by atoms with van der Waals surface area (Å²) < 4.78 is 0. The number of unbranched alkanes of at least 4 members (excludes halogenated alkanes) is 1. The van der Waals surface area contributed by atoms with E-state index in [4.69, 9.17) is 11.6 Å². The standard InChI is InChI=1S/C12H16Cl/c1-3-4-6-10(2)11-7-5-8-12(13)9-11/h5,7-9H,3-4,6H2,1-2H3. The van der Waals surface area contributed by atoms with Crippen LogP contribution < -0.4 is 0 Å². The van der Waals surface area contributed by atoms with Crippen molar-refractivity contribution < 1.29 is 0 Å². The zero-order valence-corrected chi connectivity index (χ0v) is 9.06. The molecule has 0 bridgehead atoms. The third kappa shape index (κ3) is 3.40. The van der Waals surface area contributed by atoms with Crippen molar-refractivity contribution in [3.8, 4) is 0 Å².